The van der Waals surface area contributed by atoms with E-state index in [1.807, 2.05) is 38.1 Å². The van der Waals surface area contributed by atoms with Crippen molar-refractivity contribution in [3.63, 3.8) is 0 Å². The lowest BCUT2D eigenvalue weighted by Crippen LogP contribution is -2.51. The zero-order valence-corrected chi connectivity index (χ0v) is 30.3. The SMILES string of the molecule is CCN[C@@H]1C=C[C@@H](CC)C[C@H]1COC(=O)[C@]12O[C@@]1(C/C=C(\C)C[C@@H](NC(N)=NC)C1=CCNC(N)=C1)C(=O)c1cccc(CC(C)C)c1C2=O. The summed E-state index contributed by atoms with van der Waals surface area (Å²) in [6, 6.07) is 5.11. The number of nitrogens with zero attached hydrogens (tertiary/aromatic N) is 1. The molecule has 0 spiro atoms. The Balaban J connectivity index is 1.46. The van der Waals surface area contributed by atoms with E-state index in [-0.39, 0.29) is 54.3 Å². The first-order chi connectivity index (χ1) is 23.9. The minimum Gasteiger partial charge on any atom is -0.463 e. The van der Waals surface area contributed by atoms with Gasteiger partial charge >= 0.3 is 5.97 Å². The van der Waals surface area contributed by atoms with Crippen molar-refractivity contribution in [2.75, 3.05) is 26.7 Å². The van der Waals surface area contributed by atoms with Gasteiger partial charge in [0.1, 0.15) is 0 Å². The summed E-state index contributed by atoms with van der Waals surface area (Å²) in [5.74, 6) is -0.210. The van der Waals surface area contributed by atoms with Crippen LogP contribution in [0.3, 0.4) is 0 Å². The number of dihydropyridines is 1. The third-order valence-corrected chi connectivity index (χ3v) is 10.4. The number of Topliss-reactive ketones (excluding diaryl/α,β-unsaturated/α-hetero) is 2. The number of epoxide rings is 1. The van der Waals surface area contributed by atoms with Crippen molar-refractivity contribution in [2.45, 2.75) is 90.0 Å². The van der Waals surface area contributed by atoms with Crippen LogP contribution >= 0.6 is 0 Å². The van der Waals surface area contributed by atoms with Crippen molar-refractivity contribution in [3.8, 4) is 0 Å². The summed E-state index contributed by atoms with van der Waals surface area (Å²) in [7, 11) is 1.61. The molecule has 5 rings (SSSR count). The number of ketones is 2. The van der Waals surface area contributed by atoms with Crippen molar-refractivity contribution < 1.29 is 23.9 Å². The first-order valence-corrected chi connectivity index (χ1v) is 18.0. The van der Waals surface area contributed by atoms with Crippen molar-refractivity contribution in [3.05, 3.63) is 82.2 Å². The first kappa shape index (κ1) is 37.0. The number of hydrogen-bond acceptors (Lipinski definition) is 9. The summed E-state index contributed by atoms with van der Waals surface area (Å²) in [5.41, 5.74) is 11.5. The standard InChI is InChI=1S/C39H54N6O5/c1-7-25-12-13-30(43-8-2)28(20-25)22-49-36(48)39-35(47)33-27(18-23(3)4)10-9-11-29(33)34(46)38(39,50-39)16-14-24(5)19-31(45-37(41)42-6)26-15-17-44-32(40)21-26/h9-15,21,23,25,28,30-31,43-44H,7-8,16-20,22,40H2,1-6H3,(H3,41,42,45)/b24-14+/t25-,28+,30-,31-,38+,39+/m1/s1. The van der Waals surface area contributed by atoms with E-state index in [0.717, 1.165) is 36.1 Å². The molecule has 1 saturated heterocycles. The summed E-state index contributed by atoms with van der Waals surface area (Å²) in [4.78, 5) is 47.5. The van der Waals surface area contributed by atoms with Crippen LogP contribution in [0.1, 0.15) is 86.6 Å². The lowest BCUT2D eigenvalue weighted by atomic mass is 9.70. The Kier molecular flexibility index (Phi) is 11.4. The predicted molar refractivity (Wildman–Crippen MR) is 195 cm³/mol. The zero-order valence-electron chi connectivity index (χ0n) is 30.3. The van der Waals surface area contributed by atoms with Crippen LogP contribution in [-0.4, -0.2) is 73.5 Å². The second kappa shape index (κ2) is 15.3. The normalized spacial score (nSPS) is 28.3. The average Bonchev–Trinajstić information content (AvgIpc) is 3.81. The molecule has 2 heterocycles. The number of rotatable bonds is 14. The highest BCUT2D eigenvalue weighted by Gasteiger charge is 2.85. The molecule has 270 valence electrons. The van der Waals surface area contributed by atoms with Gasteiger partial charge in [-0.1, -0.05) is 75.8 Å². The number of aliphatic imine (C=N–C) groups is 1. The zero-order chi connectivity index (χ0) is 36.2. The third-order valence-electron chi connectivity index (χ3n) is 10.4. The van der Waals surface area contributed by atoms with Gasteiger partial charge in [-0.05, 0) is 68.2 Å². The lowest BCUT2D eigenvalue weighted by molar-refractivity contribution is -0.149. The van der Waals surface area contributed by atoms with Gasteiger partial charge in [0, 0.05) is 43.1 Å². The Bertz CT molecular complexity index is 1640. The van der Waals surface area contributed by atoms with Crippen LogP contribution in [0.2, 0.25) is 0 Å². The fraction of sp³-hybridized carbons (Fsp3) is 0.538. The minimum atomic E-state index is -2.05. The second-order valence-corrected chi connectivity index (χ2v) is 14.4. The van der Waals surface area contributed by atoms with Crippen LogP contribution in [0.25, 0.3) is 0 Å². The molecule has 1 aromatic rings. The molecule has 0 radical (unpaired) electrons. The molecular weight excluding hydrogens is 632 g/mol. The first-order valence-electron chi connectivity index (χ1n) is 18.0. The number of likely N-dealkylation sites (N-methyl/N-ethyl adjacent to an activating group) is 1. The van der Waals surface area contributed by atoms with Gasteiger partial charge in [-0.3, -0.25) is 14.6 Å². The topological polar surface area (TPSA) is 173 Å². The maximum atomic E-state index is 14.6. The van der Waals surface area contributed by atoms with Crippen molar-refractivity contribution >= 4 is 23.5 Å². The van der Waals surface area contributed by atoms with E-state index in [1.165, 1.54) is 0 Å². The number of benzene rings is 1. The third kappa shape index (κ3) is 7.16. The molecule has 0 bridgehead atoms. The summed E-state index contributed by atoms with van der Waals surface area (Å²) in [6.45, 7) is 11.7. The molecule has 4 aliphatic rings. The number of guanidine groups is 1. The average molecular weight is 687 g/mol. The molecule has 2 aliphatic heterocycles. The molecule has 2 aliphatic carbocycles. The molecule has 0 aromatic heterocycles. The number of hydrogen-bond donors (Lipinski definition) is 5. The maximum absolute atomic E-state index is 14.6. The number of carbonyl (C=O) groups is 3. The fourth-order valence-electron chi connectivity index (χ4n) is 7.63. The molecule has 0 saturated carbocycles. The van der Waals surface area contributed by atoms with Crippen molar-refractivity contribution in [1.82, 2.24) is 16.0 Å². The Morgan fingerprint density at radius 2 is 2.00 bits per heavy atom. The van der Waals surface area contributed by atoms with Crippen molar-refractivity contribution in [2.24, 2.45) is 34.2 Å². The Morgan fingerprint density at radius 3 is 2.68 bits per heavy atom. The number of allylic oxidation sites excluding steroid dienone is 1. The number of ether oxygens (including phenoxy) is 2. The van der Waals surface area contributed by atoms with E-state index in [2.05, 4.69) is 53.9 Å². The highest BCUT2D eigenvalue weighted by Crippen LogP contribution is 2.59. The number of esters is 1. The molecule has 11 nitrogen and oxygen atoms in total. The number of nitrogens with two attached hydrogens (primary N) is 2. The van der Waals surface area contributed by atoms with Gasteiger partial charge in [-0.25, -0.2) is 4.79 Å². The van der Waals surface area contributed by atoms with Crippen LogP contribution in [0, 0.1) is 17.8 Å². The Hall–Kier alpha value is -4.22. The van der Waals surface area contributed by atoms with Gasteiger partial charge in [0.15, 0.2) is 17.3 Å². The fourth-order valence-corrected chi connectivity index (χ4v) is 7.63. The smallest absolute Gasteiger partial charge is 0.350 e. The quantitative estimate of drug-likeness (QED) is 0.0483. The van der Waals surface area contributed by atoms with Gasteiger partial charge < -0.3 is 36.9 Å². The molecular formula is C39H54N6O5. The lowest BCUT2D eigenvalue weighted by Gasteiger charge is -2.32. The summed E-state index contributed by atoms with van der Waals surface area (Å²) in [5, 5.41) is 9.80. The number of fused-ring (bicyclic) bond motifs is 2. The van der Waals surface area contributed by atoms with Crippen LogP contribution in [-0.2, 0) is 20.7 Å². The van der Waals surface area contributed by atoms with E-state index in [4.69, 9.17) is 20.9 Å². The Labute approximate surface area is 296 Å². The molecule has 7 N–H and O–H groups in total. The second-order valence-electron chi connectivity index (χ2n) is 14.4. The molecule has 6 atom stereocenters. The van der Waals surface area contributed by atoms with Crippen molar-refractivity contribution in [1.29, 1.82) is 0 Å². The number of nitrogens with one attached hydrogen (secondary N) is 3. The van der Waals surface area contributed by atoms with Gasteiger partial charge in [0.25, 0.3) is 5.60 Å². The predicted octanol–water partition coefficient (Wildman–Crippen LogP) is 3.85. The largest absolute Gasteiger partial charge is 0.463 e. The van der Waals surface area contributed by atoms with E-state index in [9.17, 15) is 14.4 Å². The van der Waals surface area contributed by atoms with E-state index >= 15 is 0 Å². The summed E-state index contributed by atoms with van der Waals surface area (Å²) >= 11 is 0. The summed E-state index contributed by atoms with van der Waals surface area (Å²) < 4.78 is 12.3. The molecule has 0 unspecified atom stereocenters. The highest BCUT2D eigenvalue weighted by atomic mass is 16.7. The van der Waals surface area contributed by atoms with Gasteiger partial charge in [-0.15, -0.1) is 0 Å². The van der Waals surface area contributed by atoms with Crippen LogP contribution < -0.4 is 27.4 Å². The van der Waals surface area contributed by atoms with E-state index < -0.39 is 23.0 Å². The minimum absolute atomic E-state index is 0.0228. The molecule has 11 heteroatoms. The van der Waals surface area contributed by atoms with Crippen LogP contribution in [0.4, 0.5) is 0 Å². The highest BCUT2D eigenvalue weighted by molar-refractivity contribution is 6.33. The van der Waals surface area contributed by atoms with Crippen LogP contribution in [0.15, 0.2) is 70.5 Å². The van der Waals surface area contributed by atoms with E-state index in [1.54, 1.807) is 19.2 Å². The van der Waals surface area contributed by atoms with E-state index in [0.29, 0.717) is 36.7 Å². The molecule has 50 heavy (non-hydrogen) atoms. The van der Waals surface area contributed by atoms with Gasteiger partial charge in [0.05, 0.1) is 18.5 Å². The maximum Gasteiger partial charge on any atom is 0.350 e. The molecule has 1 aromatic carbocycles. The van der Waals surface area contributed by atoms with Gasteiger partial charge in [-0.2, -0.15) is 0 Å². The molecule has 0 amide bonds. The Morgan fingerprint density at radius 1 is 1.22 bits per heavy atom. The summed E-state index contributed by atoms with van der Waals surface area (Å²) in [6.07, 6.45) is 13.1. The molecule has 1 fully saturated rings. The number of carbonyl (C=O) groups excluding carboxylic acids is 3. The van der Waals surface area contributed by atoms with Gasteiger partial charge in [0.2, 0.25) is 5.78 Å². The monoisotopic (exact) mass is 686 g/mol. The van der Waals surface area contributed by atoms with Crippen LogP contribution in [0.5, 0.6) is 0 Å².